The minimum absolute atomic E-state index is 0.0108. The Morgan fingerprint density at radius 1 is 1.25 bits per heavy atom. The van der Waals surface area contributed by atoms with Gasteiger partial charge in [0.15, 0.2) is 20.9 Å². The normalized spacial score (nSPS) is 11.5. The van der Waals surface area contributed by atoms with Gasteiger partial charge in [-0.1, -0.05) is 28.1 Å². The van der Waals surface area contributed by atoms with Gasteiger partial charge in [-0.2, -0.15) is 0 Å². The molecule has 3 rings (SSSR count). The van der Waals surface area contributed by atoms with Gasteiger partial charge in [0.2, 0.25) is 5.91 Å². The van der Waals surface area contributed by atoms with E-state index in [1.807, 2.05) is 0 Å². The molecule has 3 heterocycles. The predicted octanol–water partition coefficient (Wildman–Crippen LogP) is 3.53. The van der Waals surface area contributed by atoms with Crippen LogP contribution in [0.4, 0.5) is 10.8 Å². The third-order valence-corrected chi connectivity index (χ3v) is 6.69. The number of amides is 1. The second-order valence-corrected chi connectivity index (χ2v) is 8.91. The summed E-state index contributed by atoms with van der Waals surface area (Å²) in [6, 6.07) is 1.56. The van der Waals surface area contributed by atoms with Crippen molar-refractivity contribution in [3.05, 3.63) is 34.6 Å². The molecule has 1 amide bonds. The molecule has 9 nitrogen and oxygen atoms in total. The number of hydrogen-bond donors (Lipinski definition) is 2. The van der Waals surface area contributed by atoms with E-state index in [0.717, 1.165) is 4.88 Å². The fourth-order valence-electron chi connectivity index (χ4n) is 2.57. The van der Waals surface area contributed by atoms with E-state index in [4.69, 9.17) is 16.1 Å². The van der Waals surface area contributed by atoms with Gasteiger partial charge in [-0.25, -0.2) is 18.4 Å². The molecule has 0 aromatic carbocycles. The van der Waals surface area contributed by atoms with E-state index in [0.29, 0.717) is 16.4 Å². The number of sulfonamides is 1. The molecule has 148 valence electrons. The zero-order valence-corrected chi connectivity index (χ0v) is 17.7. The quantitative estimate of drug-likeness (QED) is 0.579. The molecule has 0 fully saturated rings. The molecule has 0 saturated heterocycles. The largest absolute Gasteiger partial charge is 0.360 e. The number of nitrogens with zero attached hydrogens (tertiary/aromatic N) is 3. The van der Waals surface area contributed by atoms with Crippen molar-refractivity contribution < 1.29 is 17.7 Å². The lowest BCUT2D eigenvalue weighted by Gasteiger charge is -2.10. The maximum Gasteiger partial charge on any atom is 0.267 e. The van der Waals surface area contributed by atoms with Crippen molar-refractivity contribution in [3.63, 3.8) is 0 Å². The molecule has 0 aliphatic heterocycles. The highest BCUT2D eigenvalue weighted by Crippen LogP contribution is 2.36. The lowest BCUT2D eigenvalue weighted by molar-refractivity contribution is -0.114. The van der Waals surface area contributed by atoms with Gasteiger partial charge in [0, 0.05) is 18.7 Å². The monoisotopic (exact) mass is 441 g/mol. The Hall–Kier alpha value is -2.50. The lowest BCUT2D eigenvalue weighted by Crippen LogP contribution is -2.15. The van der Waals surface area contributed by atoms with E-state index in [1.165, 1.54) is 38.3 Å². The number of aryl methyl sites for hydroxylation is 3. The van der Waals surface area contributed by atoms with E-state index in [-0.39, 0.29) is 33.1 Å². The van der Waals surface area contributed by atoms with Crippen LogP contribution in [0.25, 0.3) is 10.4 Å². The summed E-state index contributed by atoms with van der Waals surface area (Å²) < 4.78 is 32.8. The van der Waals surface area contributed by atoms with Crippen LogP contribution in [-0.2, 0) is 14.8 Å². The molecule has 0 saturated carbocycles. The molecule has 0 spiro atoms. The number of carbonyl (C=O) groups excluding carboxylic acids is 1. The van der Waals surface area contributed by atoms with Crippen molar-refractivity contribution >= 4 is 49.7 Å². The predicted molar refractivity (Wildman–Crippen MR) is 106 cm³/mol. The Labute approximate surface area is 170 Å². The third kappa shape index (κ3) is 4.01. The summed E-state index contributed by atoms with van der Waals surface area (Å²) in [6.07, 6.45) is 1.51. The first kappa shape index (κ1) is 20.2. The van der Waals surface area contributed by atoms with Crippen LogP contribution in [-0.4, -0.2) is 29.4 Å². The lowest BCUT2D eigenvalue weighted by atomic mass is 10.2. The second kappa shape index (κ2) is 7.49. The Balaban J connectivity index is 1.99. The van der Waals surface area contributed by atoms with E-state index < -0.39 is 10.0 Å². The van der Waals surface area contributed by atoms with Crippen LogP contribution < -0.4 is 10.0 Å². The highest BCUT2D eigenvalue weighted by Gasteiger charge is 2.25. The van der Waals surface area contributed by atoms with Crippen molar-refractivity contribution in [3.8, 4) is 10.4 Å². The summed E-state index contributed by atoms with van der Waals surface area (Å²) in [7, 11) is -3.97. The van der Waals surface area contributed by atoms with Crippen LogP contribution in [0.5, 0.6) is 0 Å². The highest BCUT2D eigenvalue weighted by molar-refractivity contribution is 7.92. The third-order valence-electron chi connectivity index (χ3n) is 3.66. The molecule has 2 N–H and O–H groups in total. The summed E-state index contributed by atoms with van der Waals surface area (Å²) in [6.45, 7) is 6.21. The summed E-state index contributed by atoms with van der Waals surface area (Å²) in [5, 5.41) is 6.72. The number of rotatable bonds is 5. The van der Waals surface area contributed by atoms with E-state index in [9.17, 15) is 13.2 Å². The van der Waals surface area contributed by atoms with Crippen LogP contribution in [0.15, 0.2) is 21.7 Å². The van der Waals surface area contributed by atoms with Crippen LogP contribution in [0, 0.1) is 20.8 Å². The standard InChI is InChI=1S/C16H16ClN5O4S2/c1-7-13(27-16(19-7)20-10(4)23)11-5-12(15(17)18-6-11)22-28(24,25)14-8(2)21-26-9(14)3/h5-6,22H,1-4H3,(H,19,20,23). The molecule has 0 unspecified atom stereocenters. The smallest absolute Gasteiger partial charge is 0.267 e. The van der Waals surface area contributed by atoms with Crippen LogP contribution >= 0.6 is 22.9 Å². The van der Waals surface area contributed by atoms with Crippen molar-refractivity contribution in [2.45, 2.75) is 32.6 Å². The van der Waals surface area contributed by atoms with E-state index in [1.54, 1.807) is 13.0 Å². The average Bonchev–Trinajstić information content (AvgIpc) is 3.11. The minimum atomic E-state index is -3.97. The number of pyridine rings is 1. The highest BCUT2D eigenvalue weighted by atomic mass is 35.5. The number of aromatic nitrogens is 3. The Bertz CT molecular complexity index is 1150. The summed E-state index contributed by atoms with van der Waals surface area (Å²) >= 11 is 7.35. The van der Waals surface area contributed by atoms with Gasteiger partial charge in [-0.05, 0) is 26.8 Å². The average molecular weight is 442 g/mol. The molecule has 0 radical (unpaired) electrons. The molecule has 28 heavy (non-hydrogen) atoms. The number of hydrogen-bond acceptors (Lipinski definition) is 8. The molecule has 0 aliphatic carbocycles. The summed E-state index contributed by atoms with van der Waals surface area (Å²) in [5.41, 5.74) is 1.61. The van der Waals surface area contributed by atoms with E-state index in [2.05, 4.69) is 25.2 Å². The second-order valence-electron chi connectivity index (χ2n) is 5.94. The Morgan fingerprint density at radius 3 is 2.57 bits per heavy atom. The molecule has 3 aromatic rings. The number of carbonyl (C=O) groups is 1. The molecule has 3 aromatic heterocycles. The van der Waals surface area contributed by atoms with Crippen LogP contribution in [0.2, 0.25) is 5.15 Å². The first-order chi connectivity index (χ1) is 13.1. The summed E-state index contributed by atoms with van der Waals surface area (Å²) in [5.74, 6) is -0.0640. The maximum atomic E-state index is 12.7. The van der Waals surface area contributed by atoms with Gasteiger partial charge in [0.05, 0.1) is 16.3 Å². The van der Waals surface area contributed by atoms with Gasteiger partial charge < -0.3 is 9.84 Å². The van der Waals surface area contributed by atoms with Crippen molar-refractivity contribution in [1.82, 2.24) is 15.1 Å². The van der Waals surface area contributed by atoms with Gasteiger partial charge >= 0.3 is 0 Å². The fraction of sp³-hybridized carbons (Fsp3) is 0.250. The minimum Gasteiger partial charge on any atom is -0.360 e. The van der Waals surface area contributed by atoms with Gasteiger partial charge in [0.1, 0.15) is 5.69 Å². The number of anilines is 2. The van der Waals surface area contributed by atoms with Crippen molar-refractivity contribution in [2.75, 3.05) is 10.0 Å². The first-order valence-corrected chi connectivity index (χ1v) is 10.6. The van der Waals surface area contributed by atoms with Crippen molar-refractivity contribution in [1.29, 1.82) is 0 Å². The van der Waals surface area contributed by atoms with Gasteiger partial charge in [-0.15, -0.1) is 0 Å². The number of halogens is 1. The maximum absolute atomic E-state index is 12.7. The summed E-state index contributed by atoms with van der Waals surface area (Å²) in [4.78, 5) is 20.3. The van der Waals surface area contributed by atoms with Gasteiger partial charge in [-0.3, -0.25) is 9.52 Å². The molecular weight excluding hydrogens is 426 g/mol. The fourth-order valence-corrected chi connectivity index (χ4v) is 5.16. The van der Waals surface area contributed by atoms with E-state index >= 15 is 0 Å². The first-order valence-electron chi connectivity index (χ1n) is 7.95. The molecule has 0 atom stereocenters. The van der Waals surface area contributed by atoms with Gasteiger partial charge in [0.25, 0.3) is 10.0 Å². The zero-order valence-electron chi connectivity index (χ0n) is 15.3. The number of thiazole rings is 1. The zero-order chi connectivity index (χ0) is 20.6. The van der Waals surface area contributed by atoms with Crippen molar-refractivity contribution in [2.24, 2.45) is 0 Å². The Kier molecular flexibility index (Phi) is 5.41. The molecule has 0 bridgehead atoms. The molecule has 0 aliphatic rings. The topological polar surface area (TPSA) is 127 Å². The SMILES string of the molecule is CC(=O)Nc1nc(C)c(-c2cnc(Cl)c(NS(=O)(=O)c3c(C)noc3C)c2)s1. The van der Waals surface area contributed by atoms with Crippen LogP contribution in [0.1, 0.15) is 24.1 Å². The molecule has 12 heteroatoms. The Morgan fingerprint density at radius 2 is 1.96 bits per heavy atom. The number of nitrogens with one attached hydrogen (secondary N) is 2. The molecular formula is C16H16ClN5O4S2. The van der Waals surface area contributed by atoms with Crippen LogP contribution in [0.3, 0.4) is 0 Å².